The number of carbonyl (C=O) groups is 1. The molecule has 0 aliphatic carbocycles. The Labute approximate surface area is 258 Å². The maximum absolute atomic E-state index is 13.2. The van der Waals surface area contributed by atoms with Gasteiger partial charge in [0.05, 0.1) is 22.0 Å². The molecule has 0 spiro atoms. The zero-order valence-corrected chi connectivity index (χ0v) is 24.8. The Morgan fingerprint density at radius 1 is 0.977 bits per heavy atom. The van der Waals surface area contributed by atoms with Crippen molar-refractivity contribution in [2.75, 3.05) is 31.1 Å². The van der Waals surface area contributed by atoms with Crippen LogP contribution in [0.15, 0.2) is 83.6 Å². The highest BCUT2D eigenvalue weighted by atomic mass is 35.5. The van der Waals surface area contributed by atoms with Crippen LogP contribution in [0.25, 0.3) is 17.1 Å². The maximum Gasteiger partial charge on any atom is 0.416 e. The van der Waals surface area contributed by atoms with Crippen molar-refractivity contribution in [1.82, 2.24) is 29.6 Å². The number of alkyl halides is 3. The number of nitrogens with zero attached hydrogens (tertiary/aromatic N) is 7. The highest BCUT2D eigenvalue weighted by Crippen LogP contribution is 2.34. The lowest BCUT2D eigenvalue weighted by Gasteiger charge is -2.36. The molecule has 220 valence electrons. The number of thiazole rings is 1. The van der Waals surface area contributed by atoms with Gasteiger partial charge in [-0.1, -0.05) is 41.6 Å². The number of pyridine rings is 1. The Bertz CT molecular complexity index is 1740. The molecule has 1 saturated heterocycles. The number of rotatable bonds is 7. The molecule has 4 heterocycles. The molecule has 2 aromatic carbocycles. The number of benzene rings is 2. The second-order valence-electron chi connectivity index (χ2n) is 9.57. The second-order valence-corrected chi connectivity index (χ2v) is 11.9. The fraction of sp³-hybridized carbons (Fsp3) is 0.207. The summed E-state index contributed by atoms with van der Waals surface area (Å²) in [7, 11) is 0. The summed E-state index contributed by atoms with van der Waals surface area (Å²) in [6.45, 7) is 1.62. The zero-order chi connectivity index (χ0) is 30.0. The molecular weight excluding hydrogens is 619 g/mol. The number of anilines is 1. The van der Waals surface area contributed by atoms with E-state index in [-0.39, 0.29) is 5.91 Å². The van der Waals surface area contributed by atoms with Crippen molar-refractivity contribution in [3.8, 4) is 17.1 Å². The van der Waals surface area contributed by atoms with E-state index in [0.717, 1.165) is 28.4 Å². The molecule has 0 N–H and O–H groups in total. The Hall–Kier alpha value is -3.94. The molecule has 0 atom stereocenters. The quantitative estimate of drug-likeness (QED) is 0.183. The highest BCUT2D eigenvalue weighted by Gasteiger charge is 2.31. The molecule has 43 heavy (non-hydrogen) atoms. The first-order valence-corrected chi connectivity index (χ1v) is 15.4. The lowest BCUT2D eigenvalue weighted by Crippen LogP contribution is -2.49. The van der Waals surface area contributed by atoms with Crippen molar-refractivity contribution >= 4 is 46.3 Å². The van der Waals surface area contributed by atoms with Gasteiger partial charge in [0.2, 0.25) is 0 Å². The average Bonchev–Trinajstić information content (AvgIpc) is 3.68. The summed E-state index contributed by atoms with van der Waals surface area (Å²) in [6.07, 6.45) is -1.03. The van der Waals surface area contributed by atoms with E-state index < -0.39 is 11.7 Å². The van der Waals surface area contributed by atoms with E-state index in [1.54, 1.807) is 34.8 Å². The van der Waals surface area contributed by atoms with E-state index in [1.165, 1.54) is 29.2 Å². The van der Waals surface area contributed by atoms with E-state index in [0.29, 0.717) is 59.3 Å². The van der Waals surface area contributed by atoms with Gasteiger partial charge in [0.25, 0.3) is 5.91 Å². The van der Waals surface area contributed by atoms with Crippen LogP contribution in [0.1, 0.15) is 21.1 Å². The zero-order valence-electron chi connectivity index (χ0n) is 22.4. The number of carbonyl (C=O) groups excluding carboxylic acids is 1. The summed E-state index contributed by atoms with van der Waals surface area (Å²) < 4.78 is 41.3. The van der Waals surface area contributed by atoms with Crippen LogP contribution in [0.3, 0.4) is 0 Å². The predicted molar refractivity (Wildman–Crippen MR) is 161 cm³/mol. The van der Waals surface area contributed by atoms with Gasteiger partial charge in [-0.05, 0) is 42.5 Å². The van der Waals surface area contributed by atoms with Gasteiger partial charge in [0.1, 0.15) is 10.7 Å². The smallest absolute Gasteiger partial charge is 0.368 e. The molecule has 1 fully saturated rings. The number of thioether (sulfide) groups is 1. The van der Waals surface area contributed by atoms with Crippen molar-refractivity contribution in [2.24, 2.45) is 0 Å². The molecule has 1 aliphatic rings. The number of hydrogen-bond donors (Lipinski definition) is 0. The molecule has 14 heteroatoms. The van der Waals surface area contributed by atoms with Gasteiger partial charge in [-0.3, -0.25) is 14.3 Å². The van der Waals surface area contributed by atoms with Gasteiger partial charge in [-0.2, -0.15) is 13.2 Å². The molecular formula is C29H23ClF3N7OS2. The molecule has 8 nitrogen and oxygen atoms in total. The van der Waals surface area contributed by atoms with Crippen LogP contribution in [-0.4, -0.2) is 61.7 Å². The van der Waals surface area contributed by atoms with Crippen molar-refractivity contribution in [3.05, 3.63) is 99.7 Å². The second kappa shape index (κ2) is 12.3. The molecule has 1 amide bonds. The molecule has 3 aromatic heterocycles. The lowest BCUT2D eigenvalue weighted by atomic mass is 10.1. The number of amides is 1. The van der Waals surface area contributed by atoms with Crippen molar-refractivity contribution in [1.29, 1.82) is 0 Å². The van der Waals surface area contributed by atoms with Gasteiger partial charge in [0, 0.05) is 55.2 Å². The number of aromatic nitrogens is 5. The number of piperazine rings is 1. The highest BCUT2D eigenvalue weighted by molar-refractivity contribution is 7.98. The summed E-state index contributed by atoms with van der Waals surface area (Å²) >= 11 is 9.36. The average molecular weight is 642 g/mol. The van der Waals surface area contributed by atoms with Gasteiger partial charge >= 0.3 is 6.18 Å². The van der Waals surface area contributed by atoms with E-state index in [2.05, 4.69) is 20.2 Å². The van der Waals surface area contributed by atoms with E-state index in [1.807, 2.05) is 39.8 Å². The fourth-order valence-corrected chi connectivity index (χ4v) is 6.66. The molecule has 0 unspecified atom stereocenters. The van der Waals surface area contributed by atoms with Gasteiger partial charge in [-0.15, -0.1) is 21.5 Å². The van der Waals surface area contributed by atoms with Crippen LogP contribution in [-0.2, 0) is 11.9 Å². The summed E-state index contributed by atoms with van der Waals surface area (Å²) in [4.78, 5) is 25.4. The van der Waals surface area contributed by atoms with E-state index >= 15 is 0 Å². The van der Waals surface area contributed by atoms with E-state index in [9.17, 15) is 18.0 Å². The number of halogens is 4. The third-order valence-electron chi connectivity index (χ3n) is 6.87. The molecule has 0 bridgehead atoms. The molecule has 0 saturated carbocycles. The number of hydrogen-bond acceptors (Lipinski definition) is 8. The van der Waals surface area contributed by atoms with Crippen molar-refractivity contribution in [3.63, 3.8) is 0 Å². The minimum Gasteiger partial charge on any atom is -0.368 e. The minimum atomic E-state index is -4.40. The van der Waals surface area contributed by atoms with Crippen LogP contribution >= 0.6 is 34.7 Å². The largest absolute Gasteiger partial charge is 0.416 e. The van der Waals surface area contributed by atoms with Gasteiger partial charge in [-0.25, -0.2) is 4.98 Å². The first-order valence-electron chi connectivity index (χ1n) is 13.2. The Kier molecular flexibility index (Phi) is 8.37. The Morgan fingerprint density at radius 2 is 1.74 bits per heavy atom. The Balaban J connectivity index is 1.12. The summed E-state index contributed by atoms with van der Waals surface area (Å²) in [5, 5.41) is 12.5. The van der Waals surface area contributed by atoms with Crippen LogP contribution in [0.5, 0.6) is 0 Å². The molecule has 0 radical (unpaired) electrons. The summed E-state index contributed by atoms with van der Waals surface area (Å²) in [6, 6.07) is 16.4. The van der Waals surface area contributed by atoms with Crippen LogP contribution in [0.4, 0.5) is 18.9 Å². The van der Waals surface area contributed by atoms with Crippen LogP contribution in [0, 0.1) is 0 Å². The normalized spacial score (nSPS) is 13.9. The first kappa shape index (κ1) is 29.1. The summed E-state index contributed by atoms with van der Waals surface area (Å²) in [5.74, 6) is 0.882. The minimum absolute atomic E-state index is 0.199. The molecule has 5 aromatic rings. The fourth-order valence-electron chi connectivity index (χ4n) is 4.71. The van der Waals surface area contributed by atoms with Crippen molar-refractivity contribution < 1.29 is 18.0 Å². The predicted octanol–water partition coefficient (Wildman–Crippen LogP) is 6.71. The standard InChI is InChI=1S/C29H23ClF3N7OS2/c30-22-6-1-2-7-24(22)40-26(19-8-10-34-11-9-19)36-37-28(40)43-18-25-35-23(17-42-25)27(41)39-14-12-38(13-15-39)21-5-3-4-20(16-21)29(31,32)33/h1-11,16-17H,12-15,18H2. The maximum atomic E-state index is 13.2. The topological polar surface area (TPSA) is 80.0 Å². The lowest BCUT2D eigenvalue weighted by molar-refractivity contribution is -0.137. The SMILES string of the molecule is O=C(c1csc(CSc2nnc(-c3ccncc3)n2-c2ccccc2Cl)n1)N1CCN(c2cccc(C(F)(F)F)c2)CC1. The summed E-state index contributed by atoms with van der Waals surface area (Å²) in [5.41, 5.74) is 1.73. The van der Waals surface area contributed by atoms with E-state index in [4.69, 9.17) is 11.6 Å². The van der Waals surface area contributed by atoms with Crippen LogP contribution in [0.2, 0.25) is 5.02 Å². The Morgan fingerprint density at radius 3 is 2.49 bits per heavy atom. The monoisotopic (exact) mass is 641 g/mol. The van der Waals surface area contributed by atoms with Gasteiger partial charge < -0.3 is 9.80 Å². The van der Waals surface area contributed by atoms with Crippen molar-refractivity contribution in [2.45, 2.75) is 17.1 Å². The van der Waals surface area contributed by atoms with Gasteiger partial charge in [0.15, 0.2) is 11.0 Å². The third kappa shape index (κ3) is 6.38. The molecule has 1 aliphatic heterocycles. The van der Waals surface area contributed by atoms with Crippen LogP contribution < -0.4 is 4.90 Å². The third-order valence-corrected chi connectivity index (χ3v) is 9.16. The first-order chi connectivity index (χ1) is 20.8. The number of para-hydroxylation sites is 1. The molecule has 6 rings (SSSR count).